The number of anilines is 1. The Bertz CT molecular complexity index is 1130. The number of carbonyl (C=O) groups is 1. The van der Waals surface area contributed by atoms with Crippen molar-refractivity contribution in [1.82, 2.24) is 24.5 Å². The average molecular weight is 374 g/mol. The Labute approximate surface area is 163 Å². The predicted molar refractivity (Wildman–Crippen MR) is 109 cm³/mol. The Balaban J connectivity index is 1.61. The van der Waals surface area contributed by atoms with Crippen molar-refractivity contribution in [3.8, 4) is 0 Å². The van der Waals surface area contributed by atoms with Crippen molar-refractivity contribution in [3.63, 3.8) is 0 Å². The minimum absolute atomic E-state index is 0.240. The molecule has 3 aromatic heterocycles. The fourth-order valence-corrected chi connectivity index (χ4v) is 3.26. The Morgan fingerprint density at radius 3 is 2.79 bits per heavy atom. The van der Waals surface area contributed by atoms with Gasteiger partial charge in [-0.25, -0.2) is 9.50 Å². The molecule has 4 aromatic rings. The zero-order valence-electron chi connectivity index (χ0n) is 16.0. The number of nitrogens with one attached hydrogen (secondary N) is 1. The molecule has 0 fully saturated rings. The first kappa shape index (κ1) is 18.1. The van der Waals surface area contributed by atoms with Crippen LogP contribution in [-0.2, 0) is 6.54 Å². The van der Waals surface area contributed by atoms with Crippen LogP contribution < -0.4 is 5.32 Å². The number of nitrogens with zero attached hydrogens (tertiary/aromatic N) is 5. The highest BCUT2D eigenvalue weighted by atomic mass is 16.1. The average Bonchev–Trinajstić information content (AvgIpc) is 3.15. The summed E-state index contributed by atoms with van der Waals surface area (Å²) in [6.45, 7) is 7.02. The van der Waals surface area contributed by atoms with Crippen LogP contribution >= 0.6 is 0 Å². The van der Waals surface area contributed by atoms with Crippen LogP contribution in [0, 0.1) is 0 Å². The SMILES string of the molecule is CCN(CC)Cc1cnc2c(C(=O)Nc3cccc4ncccc34)cnn2c1. The summed E-state index contributed by atoms with van der Waals surface area (Å²) in [7, 11) is 0. The smallest absolute Gasteiger partial charge is 0.261 e. The second-order valence-corrected chi connectivity index (χ2v) is 6.58. The first-order valence-electron chi connectivity index (χ1n) is 9.39. The van der Waals surface area contributed by atoms with E-state index in [4.69, 9.17) is 0 Å². The molecule has 0 unspecified atom stereocenters. The van der Waals surface area contributed by atoms with Crippen LogP contribution in [0.4, 0.5) is 5.69 Å². The number of rotatable bonds is 6. The van der Waals surface area contributed by atoms with E-state index in [0.29, 0.717) is 16.9 Å². The molecule has 0 spiro atoms. The second kappa shape index (κ2) is 7.74. The van der Waals surface area contributed by atoms with Crippen LogP contribution in [0.15, 0.2) is 55.1 Å². The van der Waals surface area contributed by atoms with Gasteiger partial charge in [0.1, 0.15) is 5.56 Å². The zero-order chi connectivity index (χ0) is 19.5. The van der Waals surface area contributed by atoms with Gasteiger partial charge in [0, 0.05) is 36.1 Å². The van der Waals surface area contributed by atoms with Crippen molar-refractivity contribution in [3.05, 3.63) is 66.2 Å². The normalized spacial score (nSPS) is 11.4. The van der Waals surface area contributed by atoms with Gasteiger partial charge < -0.3 is 5.32 Å². The summed E-state index contributed by atoms with van der Waals surface area (Å²) in [5.74, 6) is -0.240. The molecular weight excluding hydrogens is 352 g/mol. The van der Waals surface area contributed by atoms with Gasteiger partial charge in [0.05, 0.1) is 17.4 Å². The minimum atomic E-state index is -0.240. The molecule has 0 aliphatic carbocycles. The van der Waals surface area contributed by atoms with Crippen molar-refractivity contribution < 1.29 is 4.79 Å². The van der Waals surface area contributed by atoms with E-state index in [1.54, 1.807) is 16.9 Å². The lowest BCUT2D eigenvalue weighted by Gasteiger charge is -2.17. The Morgan fingerprint density at radius 1 is 1.11 bits per heavy atom. The van der Waals surface area contributed by atoms with E-state index in [0.717, 1.165) is 36.1 Å². The largest absolute Gasteiger partial charge is 0.321 e. The molecule has 0 saturated carbocycles. The molecule has 0 radical (unpaired) electrons. The quantitative estimate of drug-likeness (QED) is 0.560. The van der Waals surface area contributed by atoms with Gasteiger partial charge in [-0.3, -0.25) is 14.7 Å². The third kappa shape index (κ3) is 3.44. The fraction of sp³-hybridized carbons (Fsp3) is 0.238. The molecule has 4 rings (SSSR count). The van der Waals surface area contributed by atoms with Gasteiger partial charge in [-0.05, 0) is 37.4 Å². The van der Waals surface area contributed by atoms with E-state index in [2.05, 4.69) is 39.1 Å². The highest BCUT2D eigenvalue weighted by Gasteiger charge is 2.16. The number of pyridine rings is 1. The van der Waals surface area contributed by atoms with Gasteiger partial charge in [-0.1, -0.05) is 19.9 Å². The first-order chi connectivity index (χ1) is 13.7. The van der Waals surface area contributed by atoms with Gasteiger partial charge in [-0.2, -0.15) is 5.10 Å². The lowest BCUT2D eigenvalue weighted by Crippen LogP contribution is -2.22. The molecule has 1 N–H and O–H groups in total. The van der Waals surface area contributed by atoms with Crippen LogP contribution in [0.5, 0.6) is 0 Å². The second-order valence-electron chi connectivity index (χ2n) is 6.58. The number of amides is 1. The minimum Gasteiger partial charge on any atom is -0.321 e. The third-order valence-electron chi connectivity index (χ3n) is 4.85. The Morgan fingerprint density at radius 2 is 1.96 bits per heavy atom. The van der Waals surface area contributed by atoms with E-state index in [-0.39, 0.29) is 5.91 Å². The third-order valence-corrected chi connectivity index (χ3v) is 4.85. The summed E-state index contributed by atoms with van der Waals surface area (Å²) in [5.41, 5.74) is 3.59. The lowest BCUT2D eigenvalue weighted by molar-refractivity contribution is 0.102. The molecule has 0 bridgehead atoms. The van der Waals surface area contributed by atoms with Crippen LogP contribution in [0.3, 0.4) is 0 Å². The van der Waals surface area contributed by atoms with Gasteiger partial charge in [-0.15, -0.1) is 0 Å². The monoisotopic (exact) mass is 374 g/mol. The van der Waals surface area contributed by atoms with Gasteiger partial charge in [0.2, 0.25) is 0 Å². The standard InChI is InChI=1S/C21H22N6O/c1-3-26(4-2)13-15-11-23-20-17(12-24-27(20)14-15)21(28)25-19-9-5-8-18-16(19)7-6-10-22-18/h5-12,14H,3-4,13H2,1-2H3,(H,25,28). The van der Waals surface area contributed by atoms with E-state index >= 15 is 0 Å². The number of hydrogen-bond acceptors (Lipinski definition) is 5. The number of hydrogen-bond donors (Lipinski definition) is 1. The van der Waals surface area contributed by atoms with Crippen LogP contribution in [0.25, 0.3) is 16.6 Å². The predicted octanol–water partition coefficient (Wildman–Crippen LogP) is 3.37. The molecule has 0 aliphatic heterocycles. The molecule has 0 aliphatic rings. The van der Waals surface area contributed by atoms with Crippen molar-refractivity contribution in [2.45, 2.75) is 20.4 Å². The van der Waals surface area contributed by atoms with Crippen LogP contribution in [0.1, 0.15) is 29.8 Å². The maximum Gasteiger partial charge on any atom is 0.261 e. The zero-order valence-corrected chi connectivity index (χ0v) is 16.0. The fourth-order valence-electron chi connectivity index (χ4n) is 3.26. The van der Waals surface area contributed by atoms with Gasteiger partial charge in [0.25, 0.3) is 5.91 Å². The van der Waals surface area contributed by atoms with E-state index in [1.165, 1.54) is 0 Å². The molecule has 28 heavy (non-hydrogen) atoms. The van der Waals surface area contributed by atoms with Crippen molar-refractivity contribution in [2.75, 3.05) is 18.4 Å². The molecule has 0 atom stereocenters. The van der Waals surface area contributed by atoms with E-state index < -0.39 is 0 Å². The molecule has 7 heteroatoms. The maximum atomic E-state index is 12.9. The van der Waals surface area contributed by atoms with E-state index in [9.17, 15) is 4.79 Å². The first-order valence-corrected chi connectivity index (χ1v) is 9.39. The van der Waals surface area contributed by atoms with Crippen molar-refractivity contribution >= 4 is 28.1 Å². The number of benzene rings is 1. The summed E-state index contributed by atoms with van der Waals surface area (Å²) < 4.78 is 1.67. The molecular formula is C21H22N6O. The van der Waals surface area contributed by atoms with Crippen molar-refractivity contribution in [1.29, 1.82) is 0 Å². The Kier molecular flexibility index (Phi) is 4.99. The number of fused-ring (bicyclic) bond motifs is 2. The topological polar surface area (TPSA) is 75.4 Å². The number of aromatic nitrogens is 4. The molecule has 0 saturated heterocycles. The summed E-state index contributed by atoms with van der Waals surface area (Å²) in [4.78, 5) is 24.0. The lowest BCUT2D eigenvalue weighted by atomic mass is 10.1. The molecule has 1 amide bonds. The number of carbonyl (C=O) groups excluding carboxylic acids is 1. The summed E-state index contributed by atoms with van der Waals surface area (Å²) in [5, 5.41) is 8.18. The highest BCUT2D eigenvalue weighted by molar-refractivity contribution is 6.11. The summed E-state index contributed by atoms with van der Waals surface area (Å²) >= 11 is 0. The molecule has 142 valence electrons. The summed E-state index contributed by atoms with van der Waals surface area (Å²) in [6, 6.07) is 9.44. The van der Waals surface area contributed by atoms with E-state index in [1.807, 2.05) is 42.7 Å². The molecule has 1 aromatic carbocycles. The van der Waals surface area contributed by atoms with Gasteiger partial charge >= 0.3 is 0 Å². The highest BCUT2D eigenvalue weighted by Crippen LogP contribution is 2.22. The maximum absolute atomic E-state index is 12.9. The molecule has 3 heterocycles. The summed E-state index contributed by atoms with van der Waals surface area (Å²) in [6.07, 6.45) is 7.04. The van der Waals surface area contributed by atoms with Crippen LogP contribution in [-0.4, -0.2) is 43.5 Å². The van der Waals surface area contributed by atoms with Crippen LogP contribution in [0.2, 0.25) is 0 Å². The molecule has 7 nitrogen and oxygen atoms in total. The van der Waals surface area contributed by atoms with Gasteiger partial charge in [0.15, 0.2) is 5.65 Å². The Hall–Kier alpha value is -3.32. The van der Waals surface area contributed by atoms with Crippen molar-refractivity contribution in [2.24, 2.45) is 0 Å².